The largest absolute Gasteiger partial charge is 0.382 e. The van der Waals surface area contributed by atoms with Crippen molar-refractivity contribution in [3.05, 3.63) is 29.8 Å². The van der Waals surface area contributed by atoms with E-state index in [1.165, 1.54) is 0 Å². The first-order valence-electron chi connectivity index (χ1n) is 5.81. The fraction of sp³-hybridized carbons (Fsp3) is 0.385. The summed E-state index contributed by atoms with van der Waals surface area (Å²) < 4.78 is 5.10. The van der Waals surface area contributed by atoms with E-state index in [2.05, 4.69) is 21.2 Å². The van der Waals surface area contributed by atoms with E-state index in [1.807, 2.05) is 6.92 Å². The van der Waals surface area contributed by atoms with Crippen LogP contribution in [0.5, 0.6) is 0 Å². The molecule has 6 heteroatoms. The van der Waals surface area contributed by atoms with Gasteiger partial charge in [0.1, 0.15) is 0 Å². The number of carbonyl (C=O) groups is 2. The fourth-order valence-electron chi connectivity index (χ4n) is 1.43. The van der Waals surface area contributed by atoms with Gasteiger partial charge in [0.05, 0.1) is 10.9 Å². The molecular weight excluding hydrogens is 312 g/mol. The van der Waals surface area contributed by atoms with E-state index in [1.54, 1.807) is 31.4 Å². The van der Waals surface area contributed by atoms with Gasteiger partial charge in [-0.25, -0.2) is 0 Å². The van der Waals surface area contributed by atoms with Gasteiger partial charge in [0, 0.05) is 18.4 Å². The van der Waals surface area contributed by atoms with Crippen LogP contribution in [0, 0.1) is 0 Å². The maximum atomic E-state index is 11.9. The summed E-state index contributed by atoms with van der Waals surface area (Å²) in [6.07, 6.45) is 0.564. The van der Waals surface area contributed by atoms with Crippen molar-refractivity contribution in [2.75, 3.05) is 12.4 Å². The van der Waals surface area contributed by atoms with Gasteiger partial charge in [-0.3, -0.25) is 9.59 Å². The number of alkyl halides is 1. The predicted molar refractivity (Wildman–Crippen MR) is 77.4 cm³/mol. The summed E-state index contributed by atoms with van der Waals surface area (Å²) in [5.74, 6) is -0.652. The molecule has 0 fully saturated rings. The summed E-state index contributed by atoms with van der Waals surface area (Å²) >= 11 is 3.31. The van der Waals surface area contributed by atoms with Crippen LogP contribution >= 0.6 is 15.9 Å². The molecule has 1 aromatic carbocycles. The van der Waals surface area contributed by atoms with Crippen LogP contribution in [0.25, 0.3) is 0 Å². The second kappa shape index (κ2) is 7.25. The number of halogens is 1. The molecule has 1 aromatic rings. The van der Waals surface area contributed by atoms with E-state index in [0.29, 0.717) is 17.7 Å². The molecule has 19 heavy (non-hydrogen) atoms. The lowest BCUT2D eigenvalue weighted by Crippen LogP contribution is -2.26. The number of amides is 2. The number of methoxy groups -OCH3 is 1. The minimum absolute atomic E-state index is 0.00707. The third kappa shape index (κ3) is 5.00. The highest BCUT2D eigenvalue weighted by atomic mass is 79.9. The summed E-state index contributed by atoms with van der Waals surface area (Å²) in [4.78, 5) is 22.5. The number of benzene rings is 1. The molecule has 0 aliphatic heterocycles. The molecule has 0 aliphatic carbocycles. The van der Waals surface area contributed by atoms with Crippen molar-refractivity contribution in [2.24, 2.45) is 5.73 Å². The molecule has 2 amide bonds. The highest BCUT2D eigenvalue weighted by Crippen LogP contribution is 2.15. The zero-order chi connectivity index (χ0) is 14.4. The van der Waals surface area contributed by atoms with Crippen molar-refractivity contribution < 1.29 is 14.3 Å². The monoisotopic (exact) mass is 328 g/mol. The Labute approximate surface area is 120 Å². The average molecular weight is 329 g/mol. The molecule has 0 saturated heterocycles. The minimum Gasteiger partial charge on any atom is -0.382 e. The van der Waals surface area contributed by atoms with Gasteiger partial charge in [0.2, 0.25) is 11.8 Å². The Morgan fingerprint density at radius 3 is 2.42 bits per heavy atom. The first kappa shape index (κ1) is 15.7. The van der Waals surface area contributed by atoms with Gasteiger partial charge in [0.15, 0.2) is 0 Å². The molecule has 2 atom stereocenters. The Balaban J connectivity index is 2.59. The normalized spacial score (nSPS) is 13.6. The van der Waals surface area contributed by atoms with Gasteiger partial charge in [-0.15, -0.1) is 0 Å². The first-order valence-corrected chi connectivity index (χ1v) is 6.73. The maximum absolute atomic E-state index is 11.9. The van der Waals surface area contributed by atoms with E-state index in [-0.39, 0.29) is 16.8 Å². The number of ether oxygens (including phenoxy) is 1. The van der Waals surface area contributed by atoms with Crippen LogP contribution in [0.2, 0.25) is 0 Å². The van der Waals surface area contributed by atoms with Crippen LogP contribution in [0.4, 0.5) is 5.69 Å². The molecule has 1 rings (SSSR count). The van der Waals surface area contributed by atoms with Gasteiger partial charge in [-0.1, -0.05) is 15.9 Å². The van der Waals surface area contributed by atoms with E-state index >= 15 is 0 Å². The number of carbonyl (C=O) groups excluding carboxylic acids is 2. The van der Waals surface area contributed by atoms with Crippen LogP contribution in [0.1, 0.15) is 23.7 Å². The zero-order valence-corrected chi connectivity index (χ0v) is 12.4. The molecule has 0 heterocycles. The predicted octanol–water partition coefficient (Wildman–Crippen LogP) is 1.91. The Morgan fingerprint density at radius 1 is 1.37 bits per heavy atom. The molecule has 0 aliphatic rings. The Kier molecular flexibility index (Phi) is 5.98. The first-order chi connectivity index (χ1) is 8.93. The molecule has 104 valence electrons. The lowest BCUT2D eigenvalue weighted by Gasteiger charge is -2.14. The lowest BCUT2D eigenvalue weighted by molar-refractivity contribution is -0.116. The number of anilines is 1. The van der Waals surface area contributed by atoms with Crippen molar-refractivity contribution in [2.45, 2.75) is 24.3 Å². The topological polar surface area (TPSA) is 81.4 Å². The third-order valence-electron chi connectivity index (χ3n) is 2.66. The van der Waals surface area contributed by atoms with Gasteiger partial charge < -0.3 is 15.8 Å². The van der Waals surface area contributed by atoms with Crippen molar-refractivity contribution in [3.8, 4) is 0 Å². The molecule has 0 radical (unpaired) electrons. The Bertz CT molecular complexity index is 448. The maximum Gasteiger partial charge on any atom is 0.248 e. The highest BCUT2D eigenvalue weighted by Gasteiger charge is 2.18. The number of hydrogen-bond acceptors (Lipinski definition) is 3. The molecule has 0 aromatic heterocycles. The molecule has 5 nitrogen and oxygen atoms in total. The molecular formula is C13H17BrN2O3. The van der Waals surface area contributed by atoms with Crippen LogP contribution in [-0.4, -0.2) is 29.9 Å². The van der Waals surface area contributed by atoms with Crippen molar-refractivity contribution in [3.63, 3.8) is 0 Å². The summed E-state index contributed by atoms with van der Waals surface area (Å²) in [6.45, 7) is 1.89. The molecule has 1 unspecified atom stereocenters. The number of hydrogen-bond donors (Lipinski definition) is 2. The SMILES string of the molecule is COC(C)C[C@@H](Br)C(=O)Nc1ccc(C(N)=O)cc1. The van der Waals surface area contributed by atoms with Crippen LogP contribution < -0.4 is 11.1 Å². The molecule has 0 bridgehead atoms. The van der Waals surface area contributed by atoms with Crippen molar-refractivity contribution in [1.82, 2.24) is 0 Å². The molecule has 0 saturated carbocycles. The third-order valence-corrected chi connectivity index (χ3v) is 3.45. The highest BCUT2D eigenvalue weighted by molar-refractivity contribution is 9.10. The van der Waals surface area contributed by atoms with Gasteiger partial charge in [0.25, 0.3) is 0 Å². The second-order valence-corrected chi connectivity index (χ2v) is 5.29. The van der Waals surface area contributed by atoms with Crippen LogP contribution in [-0.2, 0) is 9.53 Å². The molecule has 3 N–H and O–H groups in total. The summed E-state index contributed by atoms with van der Waals surface area (Å²) in [5.41, 5.74) is 6.16. The van der Waals surface area contributed by atoms with E-state index in [0.717, 1.165) is 0 Å². The average Bonchev–Trinajstić information content (AvgIpc) is 2.38. The summed E-state index contributed by atoms with van der Waals surface area (Å²) in [6, 6.07) is 6.41. The standard InChI is InChI=1S/C13H17BrN2O3/c1-8(19-2)7-11(14)13(18)16-10-5-3-9(4-6-10)12(15)17/h3-6,8,11H,7H2,1-2H3,(H2,15,17)(H,16,18)/t8?,11-/m1/s1. The van der Waals surface area contributed by atoms with Gasteiger partial charge >= 0.3 is 0 Å². The number of rotatable bonds is 6. The number of nitrogens with two attached hydrogens (primary N) is 1. The summed E-state index contributed by atoms with van der Waals surface area (Å²) in [5, 5.41) is 2.74. The van der Waals surface area contributed by atoms with E-state index in [9.17, 15) is 9.59 Å². The van der Waals surface area contributed by atoms with E-state index < -0.39 is 5.91 Å². The fourth-order valence-corrected chi connectivity index (χ4v) is 2.07. The zero-order valence-electron chi connectivity index (χ0n) is 10.9. The van der Waals surface area contributed by atoms with Crippen molar-refractivity contribution in [1.29, 1.82) is 0 Å². The van der Waals surface area contributed by atoms with E-state index in [4.69, 9.17) is 10.5 Å². The van der Waals surface area contributed by atoms with Gasteiger partial charge in [-0.2, -0.15) is 0 Å². The quantitative estimate of drug-likeness (QED) is 0.782. The second-order valence-electron chi connectivity index (χ2n) is 4.18. The lowest BCUT2D eigenvalue weighted by atomic mass is 10.2. The number of primary amides is 1. The van der Waals surface area contributed by atoms with Crippen molar-refractivity contribution >= 4 is 33.4 Å². The van der Waals surface area contributed by atoms with Gasteiger partial charge in [-0.05, 0) is 37.6 Å². The Hall–Kier alpha value is -1.40. The summed E-state index contributed by atoms with van der Waals surface area (Å²) in [7, 11) is 1.60. The smallest absolute Gasteiger partial charge is 0.248 e. The van der Waals surface area contributed by atoms with Crippen LogP contribution in [0.3, 0.4) is 0 Å². The molecule has 0 spiro atoms. The van der Waals surface area contributed by atoms with Crippen LogP contribution in [0.15, 0.2) is 24.3 Å². The minimum atomic E-state index is -0.495. The Morgan fingerprint density at radius 2 is 1.95 bits per heavy atom. The number of nitrogens with one attached hydrogen (secondary N) is 1.